The normalized spacial score (nSPS) is 15.1. The number of hydrogen-bond acceptors (Lipinski definition) is 7. The zero-order valence-corrected chi connectivity index (χ0v) is 15.6. The fraction of sp³-hybridized carbons (Fsp3) is 0.389. The van der Waals surface area contributed by atoms with Crippen LogP contribution >= 0.6 is 0 Å². The summed E-state index contributed by atoms with van der Waals surface area (Å²) in [5.41, 5.74) is 0.894. The number of benzene rings is 1. The number of aryl methyl sites for hydroxylation is 1. The summed E-state index contributed by atoms with van der Waals surface area (Å²) in [6, 6.07) is 6.17. The SMILES string of the molecule is Cn1nnnc1N1CCC(NC(=O)c2cnc3cc(OC(F)F)ccc3c2)CC1.[HH]. The number of carbonyl (C=O) groups excluding carboxylic acids is 1. The molecule has 29 heavy (non-hydrogen) atoms. The number of halogens is 2. The molecule has 11 heteroatoms. The lowest BCUT2D eigenvalue weighted by molar-refractivity contribution is -0.0497. The van der Waals surface area contributed by atoms with Gasteiger partial charge in [0.2, 0.25) is 5.95 Å². The van der Waals surface area contributed by atoms with Crippen molar-refractivity contribution in [1.29, 1.82) is 0 Å². The Kier molecular flexibility index (Phi) is 5.19. The van der Waals surface area contributed by atoms with Gasteiger partial charge in [0, 0.05) is 45.3 Å². The maximum atomic E-state index is 12.6. The van der Waals surface area contributed by atoms with Gasteiger partial charge >= 0.3 is 6.61 Å². The molecule has 1 aliphatic heterocycles. The van der Waals surface area contributed by atoms with E-state index in [1.165, 1.54) is 18.3 Å². The van der Waals surface area contributed by atoms with Gasteiger partial charge in [-0.2, -0.15) is 8.78 Å². The molecular weight excluding hydrogens is 384 g/mol. The van der Waals surface area contributed by atoms with Gasteiger partial charge < -0.3 is 15.0 Å². The number of aromatic nitrogens is 5. The Hall–Kier alpha value is -3.37. The van der Waals surface area contributed by atoms with Gasteiger partial charge in [-0.3, -0.25) is 9.78 Å². The van der Waals surface area contributed by atoms with Crippen LogP contribution in [0.4, 0.5) is 14.7 Å². The van der Waals surface area contributed by atoms with Gasteiger partial charge in [0.05, 0.1) is 11.1 Å². The average Bonchev–Trinajstić information content (AvgIpc) is 3.13. The van der Waals surface area contributed by atoms with Gasteiger partial charge in [0.25, 0.3) is 5.91 Å². The Morgan fingerprint density at radius 2 is 2.10 bits per heavy atom. The second kappa shape index (κ2) is 7.94. The second-order valence-electron chi connectivity index (χ2n) is 6.79. The number of fused-ring (bicyclic) bond motifs is 1. The van der Waals surface area contributed by atoms with E-state index in [1.807, 2.05) is 0 Å². The van der Waals surface area contributed by atoms with Crippen LogP contribution in [-0.4, -0.2) is 56.8 Å². The molecule has 1 amide bonds. The molecule has 3 heterocycles. The number of hydrogen-bond donors (Lipinski definition) is 1. The van der Waals surface area contributed by atoms with E-state index in [1.54, 1.807) is 23.9 Å². The summed E-state index contributed by atoms with van der Waals surface area (Å²) in [5.74, 6) is 0.525. The molecule has 1 aliphatic rings. The maximum absolute atomic E-state index is 12.6. The highest BCUT2D eigenvalue weighted by atomic mass is 19.3. The minimum Gasteiger partial charge on any atom is -0.435 e. The van der Waals surface area contributed by atoms with Crippen molar-refractivity contribution >= 4 is 22.8 Å². The molecule has 0 radical (unpaired) electrons. The molecule has 0 saturated carbocycles. The molecule has 154 valence electrons. The zero-order valence-electron chi connectivity index (χ0n) is 15.6. The molecule has 0 atom stereocenters. The zero-order chi connectivity index (χ0) is 20.4. The Labute approximate surface area is 166 Å². The smallest absolute Gasteiger partial charge is 0.387 e. The Morgan fingerprint density at radius 1 is 1.31 bits per heavy atom. The minimum atomic E-state index is -2.89. The third kappa shape index (κ3) is 4.23. The van der Waals surface area contributed by atoms with Crippen LogP contribution in [0.3, 0.4) is 0 Å². The van der Waals surface area contributed by atoms with Crippen LogP contribution in [-0.2, 0) is 7.05 Å². The number of anilines is 1. The number of rotatable bonds is 5. The first kappa shape index (κ1) is 19.0. The monoisotopic (exact) mass is 405 g/mol. The highest BCUT2D eigenvalue weighted by Crippen LogP contribution is 2.22. The number of nitrogens with one attached hydrogen (secondary N) is 1. The maximum Gasteiger partial charge on any atom is 0.387 e. The third-order valence-corrected chi connectivity index (χ3v) is 4.85. The highest BCUT2D eigenvalue weighted by molar-refractivity contribution is 5.97. The summed E-state index contributed by atoms with van der Waals surface area (Å²) < 4.78 is 30.7. The molecule has 0 unspecified atom stereocenters. The van der Waals surface area contributed by atoms with Crippen molar-refractivity contribution in [1.82, 2.24) is 30.5 Å². The van der Waals surface area contributed by atoms with E-state index in [0.29, 0.717) is 22.4 Å². The van der Waals surface area contributed by atoms with E-state index in [4.69, 9.17) is 0 Å². The predicted molar refractivity (Wildman–Crippen MR) is 102 cm³/mol. The van der Waals surface area contributed by atoms with Crippen molar-refractivity contribution in [3.05, 3.63) is 36.0 Å². The minimum absolute atomic E-state index is 0. The molecule has 0 aliphatic carbocycles. The first-order valence-corrected chi connectivity index (χ1v) is 9.12. The number of tetrazole rings is 1. The summed E-state index contributed by atoms with van der Waals surface area (Å²) in [6.45, 7) is -1.42. The van der Waals surface area contributed by atoms with E-state index < -0.39 is 6.61 Å². The van der Waals surface area contributed by atoms with Crippen molar-refractivity contribution in [2.45, 2.75) is 25.5 Å². The molecule has 1 N–H and O–H groups in total. The largest absolute Gasteiger partial charge is 0.435 e. The lowest BCUT2D eigenvalue weighted by Crippen LogP contribution is -2.45. The van der Waals surface area contributed by atoms with E-state index in [0.717, 1.165) is 25.9 Å². The average molecular weight is 405 g/mol. The van der Waals surface area contributed by atoms with Gasteiger partial charge in [-0.05, 0) is 41.5 Å². The van der Waals surface area contributed by atoms with Crippen LogP contribution in [0.25, 0.3) is 10.9 Å². The molecule has 1 fully saturated rings. The molecular formula is C18H21F2N7O2. The Balaban J connectivity index is 0.00000256. The molecule has 4 rings (SSSR count). The van der Waals surface area contributed by atoms with Crippen LogP contribution in [0.1, 0.15) is 24.6 Å². The second-order valence-corrected chi connectivity index (χ2v) is 6.79. The molecule has 0 bridgehead atoms. The first-order chi connectivity index (χ1) is 14.0. The fourth-order valence-corrected chi connectivity index (χ4v) is 3.39. The third-order valence-electron chi connectivity index (χ3n) is 4.85. The molecule has 1 aromatic carbocycles. The molecule has 9 nitrogen and oxygen atoms in total. The van der Waals surface area contributed by atoms with Gasteiger partial charge in [-0.25, -0.2) is 4.68 Å². The van der Waals surface area contributed by atoms with Crippen LogP contribution in [0.15, 0.2) is 30.5 Å². The highest BCUT2D eigenvalue weighted by Gasteiger charge is 2.24. The van der Waals surface area contributed by atoms with E-state index >= 15 is 0 Å². The number of alkyl halides is 2. The Bertz CT molecular complexity index is 1020. The number of pyridine rings is 1. The van der Waals surface area contributed by atoms with Gasteiger partial charge in [0.1, 0.15) is 5.75 Å². The van der Waals surface area contributed by atoms with Crippen molar-refractivity contribution in [2.75, 3.05) is 18.0 Å². The predicted octanol–water partition coefficient (Wildman–Crippen LogP) is 2.00. The van der Waals surface area contributed by atoms with Crippen molar-refractivity contribution < 1.29 is 19.7 Å². The van der Waals surface area contributed by atoms with Crippen LogP contribution in [0, 0.1) is 0 Å². The van der Waals surface area contributed by atoms with E-state index in [2.05, 4.69) is 35.5 Å². The number of amides is 1. The van der Waals surface area contributed by atoms with Crippen LogP contribution in [0.2, 0.25) is 0 Å². The standard InChI is InChI=1S/C18H19F2N7O2.H2/c1-26-18(23-24-25-26)27-6-4-13(5-7-27)22-16(28)12-8-11-2-3-14(29-17(19)20)9-15(11)21-10-12;/h2-3,8-10,13,17H,4-7H2,1H3,(H,22,28);1H. The van der Waals surface area contributed by atoms with E-state index in [-0.39, 0.29) is 19.1 Å². The summed E-state index contributed by atoms with van der Waals surface area (Å²) in [6.07, 6.45) is 2.98. The van der Waals surface area contributed by atoms with Crippen LogP contribution in [0.5, 0.6) is 5.75 Å². The summed E-state index contributed by atoms with van der Waals surface area (Å²) in [7, 11) is 1.79. The lowest BCUT2D eigenvalue weighted by Gasteiger charge is -2.32. The van der Waals surface area contributed by atoms with Crippen molar-refractivity contribution in [2.24, 2.45) is 7.05 Å². The summed E-state index contributed by atoms with van der Waals surface area (Å²) in [4.78, 5) is 18.9. The van der Waals surface area contributed by atoms with Crippen LogP contribution < -0.4 is 15.0 Å². The molecule has 0 spiro atoms. The number of nitrogens with zero attached hydrogens (tertiary/aromatic N) is 6. The van der Waals surface area contributed by atoms with Gasteiger partial charge in [-0.1, -0.05) is 5.10 Å². The fourth-order valence-electron chi connectivity index (χ4n) is 3.39. The lowest BCUT2D eigenvalue weighted by atomic mass is 10.0. The van der Waals surface area contributed by atoms with Crippen molar-refractivity contribution in [3.63, 3.8) is 0 Å². The molecule has 2 aromatic heterocycles. The number of ether oxygens (including phenoxy) is 1. The first-order valence-electron chi connectivity index (χ1n) is 9.12. The van der Waals surface area contributed by atoms with Gasteiger partial charge in [0.15, 0.2) is 0 Å². The quantitative estimate of drug-likeness (QED) is 0.693. The van der Waals surface area contributed by atoms with E-state index in [9.17, 15) is 13.6 Å². The topological polar surface area (TPSA) is 98.1 Å². The number of carbonyl (C=O) groups is 1. The van der Waals surface area contributed by atoms with Gasteiger partial charge in [-0.15, -0.1) is 0 Å². The Morgan fingerprint density at radius 3 is 2.79 bits per heavy atom. The molecule has 3 aromatic rings. The number of piperidine rings is 1. The summed E-state index contributed by atoms with van der Waals surface area (Å²) >= 11 is 0. The van der Waals surface area contributed by atoms with Crippen molar-refractivity contribution in [3.8, 4) is 5.75 Å². The summed E-state index contributed by atoms with van der Waals surface area (Å²) in [5, 5.41) is 15.2. The molecule has 1 saturated heterocycles.